The van der Waals surface area contributed by atoms with Gasteiger partial charge >= 0.3 is 5.97 Å². The zero-order valence-corrected chi connectivity index (χ0v) is 12.5. The molecule has 0 aliphatic rings. The summed E-state index contributed by atoms with van der Waals surface area (Å²) in [5.74, 6) is 0.0914. The quantitative estimate of drug-likeness (QED) is 0.646. The predicted molar refractivity (Wildman–Crippen MR) is 77.6 cm³/mol. The lowest BCUT2D eigenvalue weighted by atomic mass is 10.0. The van der Waals surface area contributed by atoms with Gasteiger partial charge in [-0.2, -0.15) is 20.2 Å². The largest absolute Gasteiger partial charge is 0.480 e. The molecule has 1 rings (SSSR count). The van der Waals surface area contributed by atoms with Gasteiger partial charge in [0.2, 0.25) is 0 Å². The van der Waals surface area contributed by atoms with Gasteiger partial charge in [-0.05, 0) is 29.4 Å². The lowest BCUT2D eigenvalue weighted by Gasteiger charge is -2.13. The number of nitrogens with two attached hydrogens (primary N) is 1. The van der Waals surface area contributed by atoms with E-state index in [1.807, 2.05) is 6.92 Å². The van der Waals surface area contributed by atoms with Crippen LogP contribution < -0.4 is 5.73 Å². The number of carboxylic acid groups (broad SMARTS) is 1. The van der Waals surface area contributed by atoms with Gasteiger partial charge in [0.1, 0.15) is 6.04 Å². The molecule has 0 saturated heterocycles. The summed E-state index contributed by atoms with van der Waals surface area (Å²) in [6, 6.07) is 5.06. The number of hydrogen-bond donors (Lipinski definition) is 3. The van der Waals surface area contributed by atoms with Crippen molar-refractivity contribution < 1.29 is 22.9 Å². The number of carboxylic acids is 1. The number of benzene rings is 1. The van der Waals surface area contributed by atoms with Crippen LogP contribution in [-0.4, -0.2) is 41.6 Å². The number of rotatable bonds is 7. The molecule has 2 atom stereocenters. The monoisotopic (exact) mass is 319 g/mol. The summed E-state index contributed by atoms with van der Waals surface area (Å²) in [4.78, 5) is 10.4. The maximum absolute atomic E-state index is 10.9. The normalized spacial score (nSPS) is 14.8. The molecule has 0 aliphatic carbocycles. The number of thioether (sulfide) groups is 1. The highest BCUT2D eigenvalue weighted by Crippen LogP contribution is 2.22. The van der Waals surface area contributed by atoms with Crippen molar-refractivity contribution in [2.45, 2.75) is 23.8 Å². The molecule has 0 aliphatic heterocycles. The zero-order chi connectivity index (χ0) is 15.3. The minimum atomic E-state index is -4.17. The first-order valence-corrected chi connectivity index (χ1v) is 8.45. The molecule has 1 aromatic carbocycles. The first-order chi connectivity index (χ1) is 9.21. The van der Waals surface area contributed by atoms with E-state index in [2.05, 4.69) is 0 Å². The highest BCUT2D eigenvalue weighted by atomic mass is 32.2. The highest BCUT2D eigenvalue weighted by molar-refractivity contribution is 7.99. The van der Waals surface area contributed by atoms with Gasteiger partial charge in [-0.3, -0.25) is 9.35 Å². The Morgan fingerprint density at radius 1 is 1.30 bits per heavy atom. The van der Waals surface area contributed by atoms with Crippen LogP contribution in [-0.2, 0) is 14.9 Å². The predicted octanol–water partition coefficient (Wildman–Crippen LogP) is 1.18. The van der Waals surface area contributed by atoms with E-state index < -0.39 is 22.1 Å². The third-order valence-corrected chi connectivity index (χ3v) is 4.93. The molecule has 0 spiro atoms. The molecule has 0 amide bonds. The molecule has 8 heteroatoms. The van der Waals surface area contributed by atoms with Gasteiger partial charge in [-0.15, -0.1) is 0 Å². The molecule has 0 heterocycles. The van der Waals surface area contributed by atoms with Gasteiger partial charge in [-0.25, -0.2) is 0 Å². The Balaban J connectivity index is 2.56. The van der Waals surface area contributed by atoms with Crippen LogP contribution in [0.3, 0.4) is 0 Å². The minimum absolute atomic E-state index is 0.122. The average molecular weight is 319 g/mol. The van der Waals surface area contributed by atoms with Gasteiger partial charge in [0.15, 0.2) is 0 Å². The second-order valence-corrected chi connectivity index (χ2v) is 6.92. The molecule has 4 N–H and O–H groups in total. The summed E-state index contributed by atoms with van der Waals surface area (Å²) in [6.45, 7) is 1.95. The van der Waals surface area contributed by atoms with Gasteiger partial charge in [0.25, 0.3) is 10.1 Å². The molecule has 112 valence electrons. The first-order valence-electron chi connectivity index (χ1n) is 5.85. The van der Waals surface area contributed by atoms with Gasteiger partial charge in [0.05, 0.1) is 4.90 Å². The van der Waals surface area contributed by atoms with E-state index in [4.69, 9.17) is 15.4 Å². The van der Waals surface area contributed by atoms with Gasteiger partial charge in [0, 0.05) is 5.75 Å². The topological polar surface area (TPSA) is 118 Å². The molecular weight excluding hydrogens is 302 g/mol. The van der Waals surface area contributed by atoms with Crippen LogP contribution >= 0.6 is 11.8 Å². The van der Waals surface area contributed by atoms with Crippen molar-refractivity contribution in [1.29, 1.82) is 0 Å². The molecule has 0 saturated carbocycles. The molecule has 2 unspecified atom stereocenters. The molecule has 0 bridgehead atoms. The van der Waals surface area contributed by atoms with Crippen LogP contribution in [0.5, 0.6) is 0 Å². The highest BCUT2D eigenvalue weighted by Gasteiger charge is 2.14. The zero-order valence-electron chi connectivity index (χ0n) is 10.9. The Kier molecular flexibility index (Phi) is 6.00. The van der Waals surface area contributed by atoms with Crippen molar-refractivity contribution in [3.8, 4) is 0 Å². The summed E-state index contributed by atoms with van der Waals surface area (Å²) in [5.41, 5.74) is 6.31. The maximum atomic E-state index is 10.9. The van der Waals surface area contributed by atoms with E-state index in [1.165, 1.54) is 23.9 Å². The van der Waals surface area contributed by atoms with E-state index >= 15 is 0 Å². The number of hydrogen-bond acceptors (Lipinski definition) is 5. The summed E-state index contributed by atoms with van der Waals surface area (Å²) >= 11 is 1.43. The van der Waals surface area contributed by atoms with Crippen molar-refractivity contribution in [3.05, 3.63) is 29.8 Å². The van der Waals surface area contributed by atoms with Crippen LogP contribution in [0, 0.1) is 0 Å². The van der Waals surface area contributed by atoms with Crippen LogP contribution in [0.4, 0.5) is 0 Å². The summed E-state index contributed by atoms with van der Waals surface area (Å²) < 4.78 is 30.7. The molecular formula is C12H17NO5S2. The maximum Gasteiger partial charge on any atom is 0.321 e. The second-order valence-electron chi connectivity index (χ2n) is 4.43. The fraction of sp³-hybridized carbons (Fsp3) is 0.417. The van der Waals surface area contributed by atoms with E-state index in [0.717, 1.165) is 5.56 Å². The second kappa shape index (κ2) is 7.07. The minimum Gasteiger partial charge on any atom is -0.480 e. The fourth-order valence-electron chi connectivity index (χ4n) is 1.51. The molecule has 0 aromatic heterocycles. The van der Waals surface area contributed by atoms with Crippen molar-refractivity contribution in [3.63, 3.8) is 0 Å². The van der Waals surface area contributed by atoms with Crippen molar-refractivity contribution in [2.24, 2.45) is 5.73 Å². The van der Waals surface area contributed by atoms with Crippen LogP contribution in [0.1, 0.15) is 18.4 Å². The SMILES string of the molecule is CC(CSCC(N)C(=O)O)c1ccc(S(=O)(=O)O)cc1. The molecule has 0 fully saturated rings. The van der Waals surface area contributed by atoms with Gasteiger partial charge < -0.3 is 10.8 Å². The Morgan fingerprint density at radius 2 is 1.85 bits per heavy atom. The Labute approximate surface area is 122 Å². The molecule has 0 radical (unpaired) electrons. The summed E-state index contributed by atoms with van der Waals surface area (Å²) in [6.07, 6.45) is 0. The standard InChI is InChI=1S/C12H17NO5S2/c1-8(6-19-7-11(13)12(14)15)9-2-4-10(5-3-9)20(16,17)18/h2-5,8,11H,6-7,13H2,1H3,(H,14,15)(H,16,17,18). The Hall–Kier alpha value is -1.09. The van der Waals surface area contributed by atoms with E-state index in [1.54, 1.807) is 12.1 Å². The van der Waals surface area contributed by atoms with E-state index in [-0.39, 0.29) is 10.8 Å². The van der Waals surface area contributed by atoms with Crippen molar-refractivity contribution in [2.75, 3.05) is 11.5 Å². The van der Waals surface area contributed by atoms with Crippen LogP contribution in [0.25, 0.3) is 0 Å². The third-order valence-electron chi connectivity index (χ3n) is 2.73. The molecule has 6 nitrogen and oxygen atoms in total. The third kappa shape index (κ3) is 5.12. The smallest absolute Gasteiger partial charge is 0.321 e. The Morgan fingerprint density at radius 3 is 2.30 bits per heavy atom. The fourth-order valence-corrected chi connectivity index (χ4v) is 3.07. The average Bonchev–Trinajstić information content (AvgIpc) is 2.37. The number of carbonyl (C=O) groups is 1. The summed E-state index contributed by atoms with van der Waals surface area (Å²) in [5, 5.41) is 8.65. The lowest BCUT2D eigenvalue weighted by molar-refractivity contribution is -0.137. The van der Waals surface area contributed by atoms with Crippen LogP contribution in [0.15, 0.2) is 29.2 Å². The summed E-state index contributed by atoms with van der Waals surface area (Å²) in [7, 11) is -4.17. The molecule has 20 heavy (non-hydrogen) atoms. The molecule has 1 aromatic rings. The van der Waals surface area contributed by atoms with E-state index in [0.29, 0.717) is 11.5 Å². The van der Waals surface area contributed by atoms with Crippen LogP contribution in [0.2, 0.25) is 0 Å². The van der Waals surface area contributed by atoms with Crippen molar-refractivity contribution in [1.82, 2.24) is 0 Å². The first kappa shape index (κ1) is 17.0. The Bertz CT molecular complexity index is 556. The van der Waals surface area contributed by atoms with Crippen molar-refractivity contribution >= 4 is 27.8 Å². The number of aliphatic carboxylic acids is 1. The van der Waals surface area contributed by atoms with E-state index in [9.17, 15) is 13.2 Å². The van der Waals surface area contributed by atoms with Gasteiger partial charge in [-0.1, -0.05) is 19.1 Å². The lowest BCUT2D eigenvalue weighted by Crippen LogP contribution is -2.32.